The highest BCUT2D eigenvalue weighted by atomic mass is 16.5. The van der Waals surface area contributed by atoms with Crippen LogP contribution in [-0.4, -0.2) is 12.4 Å². The standard InChI is InChI=1S/C36H20N6O2/c37-19-25-13-15-31(17-29(25)21-39)43-35-11-5-1-7-27(35)23-41-33-9-3-4-10-34(33)42-24-28-8-2-6-12-36(28)44-32-16-14-26(20-38)30(18-32)22-40/h1-18,23-24H. The van der Waals surface area contributed by atoms with Gasteiger partial charge in [-0.1, -0.05) is 36.4 Å². The van der Waals surface area contributed by atoms with Crippen LogP contribution in [0.2, 0.25) is 0 Å². The molecule has 0 bridgehead atoms. The van der Waals surface area contributed by atoms with E-state index in [4.69, 9.17) is 9.47 Å². The van der Waals surface area contributed by atoms with Gasteiger partial charge in [-0.15, -0.1) is 0 Å². The maximum absolute atomic E-state index is 9.35. The Morgan fingerprint density at radius 1 is 0.455 bits per heavy atom. The summed E-state index contributed by atoms with van der Waals surface area (Å²) in [5.74, 6) is 1.91. The molecule has 5 aromatic rings. The Balaban J connectivity index is 1.38. The Kier molecular flexibility index (Phi) is 8.80. The van der Waals surface area contributed by atoms with Crippen LogP contribution in [0.4, 0.5) is 11.4 Å². The van der Waals surface area contributed by atoms with E-state index in [-0.39, 0.29) is 22.3 Å². The Morgan fingerprint density at radius 3 is 1.25 bits per heavy atom. The molecule has 0 saturated heterocycles. The fraction of sp³-hybridized carbons (Fsp3) is 0. The Labute approximate surface area is 253 Å². The second-order valence-corrected chi connectivity index (χ2v) is 9.15. The zero-order valence-electron chi connectivity index (χ0n) is 23.0. The molecule has 0 aromatic heterocycles. The van der Waals surface area contributed by atoms with Gasteiger partial charge in [0.2, 0.25) is 0 Å². The maximum atomic E-state index is 9.35. The fourth-order valence-corrected chi connectivity index (χ4v) is 4.13. The highest BCUT2D eigenvalue weighted by Gasteiger charge is 2.09. The zero-order valence-corrected chi connectivity index (χ0v) is 23.0. The van der Waals surface area contributed by atoms with Crippen LogP contribution >= 0.6 is 0 Å². The largest absolute Gasteiger partial charge is 0.457 e. The lowest BCUT2D eigenvalue weighted by atomic mass is 10.1. The van der Waals surface area contributed by atoms with E-state index in [1.54, 1.807) is 48.8 Å². The van der Waals surface area contributed by atoms with Crippen LogP contribution in [0.5, 0.6) is 23.0 Å². The predicted molar refractivity (Wildman–Crippen MR) is 166 cm³/mol. The number of nitrogens with zero attached hydrogens (tertiary/aromatic N) is 6. The molecule has 0 radical (unpaired) electrons. The molecule has 0 atom stereocenters. The van der Waals surface area contributed by atoms with E-state index >= 15 is 0 Å². The number of hydrogen-bond donors (Lipinski definition) is 0. The van der Waals surface area contributed by atoms with Gasteiger partial charge in [-0.2, -0.15) is 21.0 Å². The van der Waals surface area contributed by atoms with Crippen LogP contribution in [0.25, 0.3) is 0 Å². The predicted octanol–water partition coefficient (Wildman–Crippen LogP) is 8.26. The van der Waals surface area contributed by atoms with Gasteiger partial charge in [-0.05, 0) is 72.8 Å². The van der Waals surface area contributed by atoms with Gasteiger partial charge >= 0.3 is 0 Å². The highest BCUT2D eigenvalue weighted by Crippen LogP contribution is 2.31. The molecule has 5 aromatic carbocycles. The summed E-state index contributed by atoms with van der Waals surface area (Å²) in [6, 6.07) is 39.6. The van der Waals surface area contributed by atoms with E-state index in [1.807, 2.05) is 84.9 Å². The first-order valence-electron chi connectivity index (χ1n) is 13.2. The minimum atomic E-state index is 0.235. The molecule has 0 amide bonds. The summed E-state index contributed by atoms with van der Waals surface area (Å²) in [4.78, 5) is 9.35. The van der Waals surface area contributed by atoms with Crippen molar-refractivity contribution in [2.45, 2.75) is 0 Å². The molecule has 0 aliphatic heterocycles. The average molecular weight is 569 g/mol. The molecular weight excluding hydrogens is 548 g/mol. The topological polar surface area (TPSA) is 138 Å². The number of rotatable bonds is 8. The maximum Gasteiger partial charge on any atom is 0.136 e. The summed E-state index contributed by atoms with van der Waals surface area (Å²) in [5, 5.41) is 37.1. The molecule has 0 aliphatic carbocycles. The molecule has 0 N–H and O–H groups in total. The van der Waals surface area contributed by atoms with Crippen LogP contribution in [0.3, 0.4) is 0 Å². The van der Waals surface area contributed by atoms with Gasteiger partial charge in [-0.25, -0.2) is 0 Å². The molecular formula is C36H20N6O2. The van der Waals surface area contributed by atoms with Crippen molar-refractivity contribution in [1.29, 1.82) is 21.0 Å². The molecule has 0 aliphatic rings. The summed E-state index contributed by atoms with van der Waals surface area (Å²) in [5.41, 5.74) is 3.67. The minimum Gasteiger partial charge on any atom is -0.457 e. The molecule has 8 nitrogen and oxygen atoms in total. The number of nitriles is 4. The van der Waals surface area contributed by atoms with Crippen LogP contribution in [0.15, 0.2) is 119 Å². The summed E-state index contributed by atoms with van der Waals surface area (Å²) in [7, 11) is 0. The van der Waals surface area contributed by atoms with Crippen molar-refractivity contribution >= 4 is 23.8 Å². The third kappa shape index (κ3) is 6.65. The zero-order chi connectivity index (χ0) is 30.7. The Hall–Kier alpha value is -7.00. The number of para-hydroxylation sites is 4. The second-order valence-electron chi connectivity index (χ2n) is 9.15. The smallest absolute Gasteiger partial charge is 0.136 e. The van der Waals surface area contributed by atoms with Crippen molar-refractivity contribution in [3.8, 4) is 47.3 Å². The summed E-state index contributed by atoms with van der Waals surface area (Å²) in [6.07, 6.45) is 3.35. The molecule has 8 heteroatoms. The van der Waals surface area contributed by atoms with Crippen LogP contribution < -0.4 is 9.47 Å². The monoisotopic (exact) mass is 568 g/mol. The van der Waals surface area contributed by atoms with Gasteiger partial charge in [0, 0.05) is 23.6 Å². The van der Waals surface area contributed by atoms with Crippen molar-refractivity contribution in [2.24, 2.45) is 9.98 Å². The molecule has 0 spiro atoms. The van der Waals surface area contributed by atoms with Crippen molar-refractivity contribution in [1.82, 2.24) is 0 Å². The molecule has 0 unspecified atom stereocenters. The van der Waals surface area contributed by atoms with E-state index in [9.17, 15) is 21.0 Å². The third-order valence-corrected chi connectivity index (χ3v) is 6.32. The highest BCUT2D eigenvalue weighted by molar-refractivity contribution is 5.89. The average Bonchev–Trinajstić information content (AvgIpc) is 3.07. The SMILES string of the molecule is N#Cc1ccc(Oc2ccccc2C=Nc2ccccc2N=Cc2ccccc2Oc2ccc(C#N)c(C#N)c2)cc1C#N. The number of ether oxygens (including phenoxy) is 2. The first kappa shape index (κ1) is 28.5. The van der Waals surface area contributed by atoms with E-state index in [0.29, 0.717) is 45.5 Å². The number of benzene rings is 5. The number of aliphatic imine (C=N–C) groups is 2. The Morgan fingerprint density at radius 2 is 0.841 bits per heavy atom. The lowest BCUT2D eigenvalue weighted by Gasteiger charge is -2.10. The van der Waals surface area contributed by atoms with Gasteiger partial charge in [0.25, 0.3) is 0 Å². The van der Waals surface area contributed by atoms with Crippen molar-refractivity contribution in [3.63, 3.8) is 0 Å². The van der Waals surface area contributed by atoms with Gasteiger partial charge < -0.3 is 9.47 Å². The van der Waals surface area contributed by atoms with Crippen LogP contribution in [-0.2, 0) is 0 Å². The van der Waals surface area contributed by atoms with Crippen LogP contribution in [0.1, 0.15) is 33.4 Å². The first-order chi connectivity index (χ1) is 21.6. The van der Waals surface area contributed by atoms with E-state index in [1.165, 1.54) is 12.1 Å². The minimum absolute atomic E-state index is 0.235. The molecule has 0 heterocycles. The molecule has 44 heavy (non-hydrogen) atoms. The van der Waals surface area contributed by atoms with Gasteiger partial charge in [-0.3, -0.25) is 9.98 Å². The van der Waals surface area contributed by atoms with E-state index in [2.05, 4.69) is 9.98 Å². The second kappa shape index (κ2) is 13.6. The molecule has 0 saturated carbocycles. The molecule has 0 fully saturated rings. The van der Waals surface area contributed by atoms with Gasteiger partial charge in [0.05, 0.1) is 33.6 Å². The van der Waals surface area contributed by atoms with Gasteiger partial charge in [0.15, 0.2) is 0 Å². The Bertz CT molecular complexity index is 1940. The number of hydrogen-bond acceptors (Lipinski definition) is 8. The summed E-state index contributed by atoms with van der Waals surface area (Å²) >= 11 is 0. The first-order valence-corrected chi connectivity index (χ1v) is 13.2. The van der Waals surface area contributed by atoms with Gasteiger partial charge in [0.1, 0.15) is 47.3 Å². The lowest BCUT2D eigenvalue weighted by Crippen LogP contribution is -1.92. The lowest BCUT2D eigenvalue weighted by molar-refractivity contribution is 0.481. The van der Waals surface area contributed by atoms with Crippen molar-refractivity contribution in [3.05, 3.63) is 143 Å². The third-order valence-electron chi connectivity index (χ3n) is 6.32. The normalized spacial score (nSPS) is 10.5. The molecule has 206 valence electrons. The quantitative estimate of drug-likeness (QED) is 0.173. The fourth-order valence-electron chi connectivity index (χ4n) is 4.13. The van der Waals surface area contributed by atoms with E-state index < -0.39 is 0 Å². The summed E-state index contributed by atoms with van der Waals surface area (Å²) < 4.78 is 12.1. The van der Waals surface area contributed by atoms with Crippen molar-refractivity contribution < 1.29 is 9.47 Å². The molecule has 5 rings (SSSR count). The van der Waals surface area contributed by atoms with E-state index in [0.717, 1.165) is 0 Å². The summed E-state index contributed by atoms with van der Waals surface area (Å²) in [6.45, 7) is 0. The van der Waals surface area contributed by atoms with Crippen LogP contribution in [0, 0.1) is 45.3 Å². The van der Waals surface area contributed by atoms with Crippen molar-refractivity contribution in [2.75, 3.05) is 0 Å².